The van der Waals surface area contributed by atoms with Crippen LogP contribution in [0.15, 0.2) is 29.2 Å². The summed E-state index contributed by atoms with van der Waals surface area (Å²) < 4.78 is 0. The van der Waals surface area contributed by atoms with Gasteiger partial charge in [-0.05, 0) is 55.1 Å². The third-order valence-electron chi connectivity index (χ3n) is 4.55. The Labute approximate surface area is 119 Å². The van der Waals surface area contributed by atoms with Gasteiger partial charge < -0.3 is 4.90 Å². The van der Waals surface area contributed by atoms with Crippen molar-refractivity contribution in [2.45, 2.75) is 30.7 Å². The largest absolute Gasteiger partial charge is 0.341 e. The summed E-state index contributed by atoms with van der Waals surface area (Å²) in [4.78, 5) is 15.5. The SMILES string of the molecule is CSc1ccc(CN(C)C(=O)C2CC3CC3C2)cc1. The highest BCUT2D eigenvalue weighted by atomic mass is 32.2. The summed E-state index contributed by atoms with van der Waals surface area (Å²) in [5.74, 6) is 2.41. The molecule has 1 aromatic rings. The van der Waals surface area contributed by atoms with Crippen LogP contribution < -0.4 is 0 Å². The normalized spacial score (nSPS) is 28.0. The van der Waals surface area contributed by atoms with Gasteiger partial charge in [-0.2, -0.15) is 0 Å². The van der Waals surface area contributed by atoms with Crippen molar-refractivity contribution in [3.63, 3.8) is 0 Å². The molecule has 2 aliphatic carbocycles. The first-order valence-electron chi connectivity index (χ1n) is 7.05. The van der Waals surface area contributed by atoms with E-state index in [4.69, 9.17) is 0 Å². The van der Waals surface area contributed by atoms with Crippen LogP contribution in [-0.4, -0.2) is 24.1 Å². The summed E-state index contributed by atoms with van der Waals surface area (Å²) in [7, 11) is 1.94. The Bertz CT molecular complexity index is 460. The van der Waals surface area contributed by atoms with E-state index in [9.17, 15) is 4.79 Å². The minimum atomic E-state index is 0.305. The summed E-state index contributed by atoms with van der Waals surface area (Å²) in [6.07, 6.45) is 5.73. The molecule has 3 rings (SSSR count). The third-order valence-corrected chi connectivity index (χ3v) is 5.29. The van der Waals surface area contributed by atoms with E-state index in [1.165, 1.54) is 16.9 Å². The molecule has 2 atom stereocenters. The molecule has 0 aromatic heterocycles. The topological polar surface area (TPSA) is 20.3 Å². The van der Waals surface area contributed by atoms with E-state index in [0.29, 0.717) is 11.8 Å². The van der Waals surface area contributed by atoms with Gasteiger partial charge >= 0.3 is 0 Å². The van der Waals surface area contributed by atoms with Crippen LogP contribution in [-0.2, 0) is 11.3 Å². The predicted octanol–water partition coefficient (Wildman–Crippen LogP) is 3.41. The molecule has 0 saturated heterocycles. The van der Waals surface area contributed by atoms with Gasteiger partial charge in [-0.1, -0.05) is 12.1 Å². The van der Waals surface area contributed by atoms with Gasteiger partial charge in [0.05, 0.1) is 0 Å². The number of benzene rings is 1. The quantitative estimate of drug-likeness (QED) is 0.785. The number of carbonyl (C=O) groups excluding carboxylic acids is 1. The minimum absolute atomic E-state index is 0.305. The first kappa shape index (κ1) is 13.0. The highest BCUT2D eigenvalue weighted by Gasteiger charge is 2.48. The molecular formula is C16H21NOS. The van der Waals surface area contributed by atoms with E-state index in [-0.39, 0.29) is 0 Å². The van der Waals surface area contributed by atoms with E-state index in [1.54, 1.807) is 11.8 Å². The van der Waals surface area contributed by atoms with Crippen molar-refractivity contribution in [2.24, 2.45) is 17.8 Å². The molecule has 2 fully saturated rings. The van der Waals surface area contributed by atoms with Crippen LogP contribution in [0.5, 0.6) is 0 Å². The van der Waals surface area contributed by atoms with Crippen LogP contribution in [0.1, 0.15) is 24.8 Å². The monoisotopic (exact) mass is 275 g/mol. The Hall–Kier alpha value is -0.960. The molecule has 2 nitrogen and oxygen atoms in total. The van der Waals surface area contributed by atoms with Crippen LogP contribution in [0.25, 0.3) is 0 Å². The number of carbonyl (C=O) groups is 1. The summed E-state index contributed by atoms with van der Waals surface area (Å²) in [6.45, 7) is 0.735. The first-order chi connectivity index (χ1) is 9.17. The zero-order valence-electron chi connectivity index (χ0n) is 11.6. The Balaban J connectivity index is 1.57. The molecular weight excluding hydrogens is 254 g/mol. The zero-order chi connectivity index (χ0) is 13.4. The molecule has 1 aromatic carbocycles. The van der Waals surface area contributed by atoms with Crippen molar-refractivity contribution in [2.75, 3.05) is 13.3 Å². The molecule has 2 aliphatic rings. The lowest BCUT2D eigenvalue weighted by atomic mass is 10.0. The number of nitrogens with zero attached hydrogens (tertiary/aromatic N) is 1. The first-order valence-corrected chi connectivity index (χ1v) is 8.27. The molecule has 0 bridgehead atoms. The van der Waals surface area contributed by atoms with Gasteiger partial charge in [0.2, 0.25) is 5.91 Å². The third kappa shape index (κ3) is 2.81. The molecule has 0 spiro atoms. The number of rotatable bonds is 4. The molecule has 102 valence electrons. The van der Waals surface area contributed by atoms with Crippen molar-refractivity contribution in [1.82, 2.24) is 4.90 Å². The number of fused-ring (bicyclic) bond motifs is 1. The lowest BCUT2D eigenvalue weighted by Crippen LogP contribution is -2.31. The summed E-state index contributed by atoms with van der Waals surface area (Å²) in [5, 5.41) is 0. The summed E-state index contributed by atoms with van der Waals surface area (Å²) in [5.41, 5.74) is 1.22. The molecule has 0 N–H and O–H groups in total. The van der Waals surface area contributed by atoms with E-state index in [1.807, 2.05) is 11.9 Å². The van der Waals surface area contributed by atoms with E-state index in [2.05, 4.69) is 30.5 Å². The van der Waals surface area contributed by atoms with Crippen molar-refractivity contribution in [3.05, 3.63) is 29.8 Å². The second-order valence-corrected chi connectivity index (χ2v) is 6.85. The average Bonchev–Trinajstić information content (AvgIpc) is 3.05. The molecule has 0 radical (unpaired) electrons. The van der Waals surface area contributed by atoms with E-state index in [0.717, 1.165) is 31.2 Å². The molecule has 3 heteroatoms. The number of amides is 1. The molecule has 0 heterocycles. The Morgan fingerprint density at radius 1 is 1.21 bits per heavy atom. The minimum Gasteiger partial charge on any atom is -0.341 e. The van der Waals surface area contributed by atoms with Crippen molar-refractivity contribution >= 4 is 17.7 Å². The Kier molecular flexibility index (Phi) is 3.57. The van der Waals surface area contributed by atoms with Crippen molar-refractivity contribution < 1.29 is 4.79 Å². The molecule has 2 saturated carbocycles. The smallest absolute Gasteiger partial charge is 0.225 e. The lowest BCUT2D eigenvalue weighted by molar-refractivity contribution is -0.134. The number of thioether (sulfide) groups is 1. The highest BCUT2D eigenvalue weighted by molar-refractivity contribution is 7.98. The fourth-order valence-electron chi connectivity index (χ4n) is 3.31. The maximum atomic E-state index is 12.4. The molecule has 19 heavy (non-hydrogen) atoms. The number of hydrogen-bond donors (Lipinski definition) is 0. The van der Waals surface area contributed by atoms with Crippen molar-refractivity contribution in [1.29, 1.82) is 0 Å². The van der Waals surface area contributed by atoms with E-state index < -0.39 is 0 Å². The summed E-state index contributed by atoms with van der Waals surface area (Å²) >= 11 is 1.75. The van der Waals surface area contributed by atoms with Gasteiger partial charge in [0.1, 0.15) is 0 Å². The standard InChI is InChI=1S/C16H21NOS/c1-17(10-11-3-5-15(19-2)6-4-11)16(18)14-8-12-7-13(12)9-14/h3-6,12-14H,7-10H2,1-2H3. The van der Waals surface area contributed by atoms with Crippen molar-refractivity contribution in [3.8, 4) is 0 Å². The molecule has 0 aliphatic heterocycles. The van der Waals surface area contributed by atoms with Crippen LogP contribution in [0.2, 0.25) is 0 Å². The van der Waals surface area contributed by atoms with Crippen LogP contribution >= 0.6 is 11.8 Å². The zero-order valence-corrected chi connectivity index (χ0v) is 12.5. The number of hydrogen-bond acceptors (Lipinski definition) is 2. The second kappa shape index (κ2) is 5.20. The fraction of sp³-hybridized carbons (Fsp3) is 0.562. The Morgan fingerprint density at radius 3 is 2.42 bits per heavy atom. The average molecular weight is 275 g/mol. The fourth-order valence-corrected chi connectivity index (χ4v) is 3.72. The predicted molar refractivity (Wildman–Crippen MR) is 79.0 cm³/mol. The van der Waals surface area contributed by atoms with Crippen LogP contribution in [0.4, 0.5) is 0 Å². The second-order valence-electron chi connectivity index (χ2n) is 5.97. The van der Waals surface area contributed by atoms with Gasteiger partial charge in [0.25, 0.3) is 0 Å². The molecule has 1 amide bonds. The van der Waals surface area contributed by atoms with Crippen LogP contribution in [0, 0.1) is 17.8 Å². The van der Waals surface area contributed by atoms with Gasteiger partial charge in [0.15, 0.2) is 0 Å². The maximum absolute atomic E-state index is 12.4. The molecule has 2 unspecified atom stereocenters. The van der Waals surface area contributed by atoms with Gasteiger partial charge in [-0.15, -0.1) is 11.8 Å². The highest BCUT2D eigenvalue weighted by Crippen LogP contribution is 2.54. The lowest BCUT2D eigenvalue weighted by Gasteiger charge is -2.22. The maximum Gasteiger partial charge on any atom is 0.225 e. The summed E-state index contributed by atoms with van der Waals surface area (Å²) in [6, 6.07) is 8.51. The van der Waals surface area contributed by atoms with E-state index >= 15 is 0 Å². The van der Waals surface area contributed by atoms with Crippen LogP contribution in [0.3, 0.4) is 0 Å². The van der Waals surface area contributed by atoms with Gasteiger partial charge in [-0.3, -0.25) is 4.79 Å². The van der Waals surface area contributed by atoms with Gasteiger partial charge in [-0.25, -0.2) is 0 Å². The Morgan fingerprint density at radius 2 is 1.84 bits per heavy atom. The van der Waals surface area contributed by atoms with Gasteiger partial charge in [0, 0.05) is 24.4 Å².